The molecule has 0 unspecified atom stereocenters. The largest absolute Gasteiger partial charge is 0.417 e. The van der Waals surface area contributed by atoms with Crippen molar-refractivity contribution in [3.8, 4) is 0 Å². The van der Waals surface area contributed by atoms with Crippen molar-refractivity contribution in [2.24, 2.45) is 0 Å². The van der Waals surface area contributed by atoms with E-state index < -0.39 is 28.4 Å². The Morgan fingerprint density at radius 2 is 1.45 bits per heavy atom. The summed E-state index contributed by atoms with van der Waals surface area (Å²) in [6, 6.07) is 1.96. The number of allylic oxidation sites excluding steroid dienone is 2. The second-order valence-electron chi connectivity index (χ2n) is 4.71. The van der Waals surface area contributed by atoms with Crippen LogP contribution in [-0.2, 0) is 17.1 Å². The summed E-state index contributed by atoms with van der Waals surface area (Å²) in [4.78, 5) is 10.6. The number of hydrogen-bond donors (Lipinski definition) is 0. The first-order valence-corrected chi connectivity index (χ1v) is 7.09. The lowest BCUT2D eigenvalue weighted by Gasteiger charge is -2.20. The van der Waals surface area contributed by atoms with Gasteiger partial charge in [0.2, 0.25) is 0 Å². The molecule has 0 radical (unpaired) electrons. The standard InChI is InChI=1S/C14H10F6OS/c15-13(16,17)10-5-2-6-11(14(18,19)20)12(10)22-9-4-1-3-8(21)7-9/h2,5-7H,1,3-4H2. The van der Waals surface area contributed by atoms with E-state index in [0.717, 1.165) is 12.1 Å². The van der Waals surface area contributed by atoms with Crippen LogP contribution < -0.4 is 0 Å². The molecule has 1 aliphatic rings. The molecule has 2 rings (SSSR count). The van der Waals surface area contributed by atoms with Crippen molar-refractivity contribution in [1.82, 2.24) is 0 Å². The molecule has 0 saturated heterocycles. The van der Waals surface area contributed by atoms with Gasteiger partial charge in [-0.15, -0.1) is 0 Å². The number of rotatable bonds is 2. The maximum Gasteiger partial charge on any atom is 0.417 e. The highest BCUT2D eigenvalue weighted by Crippen LogP contribution is 2.47. The highest BCUT2D eigenvalue weighted by Gasteiger charge is 2.41. The molecule has 0 bridgehead atoms. The number of thioether (sulfide) groups is 1. The second-order valence-corrected chi connectivity index (χ2v) is 5.85. The Labute approximate surface area is 126 Å². The van der Waals surface area contributed by atoms with Crippen LogP contribution in [0.5, 0.6) is 0 Å². The molecule has 1 aliphatic carbocycles. The molecular weight excluding hydrogens is 330 g/mol. The Kier molecular flexibility index (Phi) is 4.60. The molecule has 0 aromatic heterocycles. The zero-order valence-electron chi connectivity index (χ0n) is 11.0. The van der Waals surface area contributed by atoms with Crippen molar-refractivity contribution in [3.05, 3.63) is 40.3 Å². The predicted octanol–water partition coefficient (Wildman–Crippen LogP) is 5.45. The Balaban J connectivity index is 2.53. The summed E-state index contributed by atoms with van der Waals surface area (Å²) in [5, 5.41) is 0. The van der Waals surface area contributed by atoms with E-state index >= 15 is 0 Å². The molecule has 1 aromatic rings. The second kappa shape index (κ2) is 5.98. The van der Waals surface area contributed by atoms with Crippen LogP contribution >= 0.6 is 11.8 Å². The van der Waals surface area contributed by atoms with Crippen LogP contribution in [0.1, 0.15) is 30.4 Å². The number of benzene rings is 1. The van der Waals surface area contributed by atoms with Crippen molar-refractivity contribution in [1.29, 1.82) is 0 Å². The van der Waals surface area contributed by atoms with E-state index in [1.807, 2.05) is 0 Å². The molecule has 0 atom stereocenters. The fraction of sp³-hybridized carbons (Fsp3) is 0.357. The molecule has 8 heteroatoms. The van der Waals surface area contributed by atoms with E-state index in [9.17, 15) is 31.1 Å². The van der Waals surface area contributed by atoms with E-state index in [1.54, 1.807) is 0 Å². The third-order valence-corrected chi connectivity index (χ3v) is 4.26. The van der Waals surface area contributed by atoms with Gasteiger partial charge in [-0.25, -0.2) is 0 Å². The molecule has 120 valence electrons. The molecule has 0 amide bonds. The van der Waals surface area contributed by atoms with Crippen LogP contribution in [0.15, 0.2) is 34.1 Å². The Morgan fingerprint density at radius 1 is 0.909 bits per heavy atom. The minimum absolute atomic E-state index is 0.221. The van der Waals surface area contributed by atoms with E-state index in [1.165, 1.54) is 0 Å². The minimum Gasteiger partial charge on any atom is -0.295 e. The molecule has 0 saturated carbocycles. The number of carbonyl (C=O) groups is 1. The van der Waals surface area contributed by atoms with E-state index in [-0.39, 0.29) is 17.1 Å². The van der Waals surface area contributed by atoms with Crippen LogP contribution in [0.25, 0.3) is 0 Å². The van der Waals surface area contributed by atoms with Gasteiger partial charge in [0.25, 0.3) is 0 Å². The molecule has 1 aromatic carbocycles. The first-order valence-electron chi connectivity index (χ1n) is 6.27. The SMILES string of the molecule is O=C1C=C(Sc2c(C(F)(F)F)cccc2C(F)(F)F)CCC1. The van der Waals surface area contributed by atoms with Crippen molar-refractivity contribution < 1.29 is 31.1 Å². The number of hydrogen-bond acceptors (Lipinski definition) is 2. The monoisotopic (exact) mass is 340 g/mol. The van der Waals surface area contributed by atoms with Crippen molar-refractivity contribution in [2.45, 2.75) is 36.5 Å². The molecular formula is C14H10F6OS. The summed E-state index contributed by atoms with van der Waals surface area (Å²) in [6.45, 7) is 0. The molecule has 0 heterocycles. The smallest absolute Gasteiger partial charge is 0.295 e. The summed E-state index contributed by atoms with van der Waals surface area (Å²) < 4.78 is 77.9. The lowest BCUT2D eigenvalue weighted by Crippen LogP contribution is -2.14. The van der Waals surface area contributed by atoms with Gasteiger partial charge in [-0.2, -0.15) is 26.3 Å². The first kappa shape index (κ1) is 16.9. The van der Waals surface area contributed by atoms with E-state index in [4.69, 9.17) is 0 Å². The van der Waals surface area contributed by atoms with Gasteiger partial charge in [0, 0.05) is 11.3 Å². The summed E-state index contributed by atoms with van der Waals surface area (Å²) >= 11 is 0.376. The Hall–Kier alpha value is -1.44. The van der Waals surface area contributed by atoms with Crippen LogP contribution in [0.2, 0.25) is 0 Å². The van der Waals surface area contributed by atoms with Crippen LogP contribution in [0.4, 0.5) is 26.3 Å². The highest BCUT2D eigenvalue weighted by atomic mass is 32.2. The highest BCUT2D eigenvalue weighted by molar-refractivity contribution is 8.03. The molecule has 0 aliphatic heterocycles. The average molecular weight is 340 g/mol. The van der Waals surface area contributed by atoms with Gasteiger partial charge < -0.3 is 0 Å². The van der Waals surface area contributed by atoms with E-state index in [0.29, 0.717) is 36.7 Å². The van der Waals surface area contributed by atoms with Gasteiger partial charge in [-0.05, 0) is 36.0 Å². The molecule has 0 spiro atoms. The van der Waals surface area contributed by atoms with Gasteiger partial charge >= 0.3 is 12.4 Å². The maximum absolute atomic E-state index is 13.0. The summed E-state index contributed by atoms with van der Waals surface area (Å²) in [6.07, 6.45) is -7.70. The topological polar surface area (TPSA) is 17.1 Å². The number of carbonyl (C=O) groups excluding carboxylic acids is 1. The zero-order chi connectivity index (χ0) is 16.5. The zero-order valence-corrected chi connectivity index (χ0v) is 11.8. The van der Waals surface area contributed by atoms with Gasteiger partial charge in [0.05, 0.1) is 11.1 Å². The third kappa shape index (κ3) is 3.85. The molecule has 0 N–H and O–H groups in total. The van der Waals surface area contributed by atoms with Crippen LogP contribution in [0.3, 0.4) is 0 Å². The third-order valence-electron chi connectivity index (χ3n) is 3.03. The van der Waals surface area contributed by atoms with Gasteiger partial charge in [-0.3, -0.25) is 4.79 Å². The average Bonchev–Trinajstić information content (AvgIpc) is 2.36. The quantitative estimate of drug-likeness (QED) is 0.666. The molecule has 22 heavy (non-hydrogen) atoms. The van der Waals surface area contributed by atoms with Gasteiger partial charge in [-0.1, -0.05) is 17.8 Å². The Bertz CT molecular complexity index is 582. The van der Waals surface area contributed by atoms with Crippen LogP contribution in [0, 0.1) is 0 Å². The fourth-order valence-electron chi connectivity index (χ4n) is 2.07. The predicted molar refractivity (Wildman–Crippen MR) is 69.2 cm³/mol. The summed E-state index contributed by atoms with van der Waals surface area (Å²) in [5.41, 5.74) is -2.68. The fourth-order valence-corrected chi connectivity index (χ4v) is 3.35. The molecule has 0 fully saturated rings. The van der Waals surface area contributed by atoms with Crippen molar-refractivity contribution in [2.75, 3.05) is 0 Å². The van der Waals surface area contributed by atoms with Gasteiger partial charge in [0.1, 0.15) is 0 Å². The normalized spacial score (nSPS) is 16.6. The minimum atomic E-state index is -4.90. The number of ketones is 1. The lowest BCUT2D eigenvalue weighted by atomic mass is 10.1. The van der Waals surface area contributed by atoms with Crippen molar-refractivity contribution >= 4 is 17.5 Å². The first-order chi connectivity index (χ1) is 10.1. The lowest BCUT2D eigenvalue weighted by molar-refractivity contribution is -0.147. The summed E-state index contributed by atoms with van der Waals surface area (Å²) in [5.74, 6) is -0.285. The maximum atomic E-state index is 13.0. The van der Waals surface area contributed by atoms with Gasteiger partial charge in [0.15, 0.2) is 5.78 Å². The molecule has 1 nitrogen and oxygen atoms in total. The van der Waals surface area contributed by atoms with Crippen LogP contribution in [-0.4, -0.2) is 5.78 Å². The number of alkyl halides is 6. The van der Waals surface area contributed by atoms with E-state index in [2.05, 4.69) is 0 Å². The van der Waals surface area contributed by atoms with Crippen molar-refractivity contribution in [3.63, 3.8) is 0 Å². The number of halogens is 6. The summed E-state index contributed by atoms with van der Waals surface area (Å²) in [7, 11) is 0. The Morgan fingerprint density at radius 3 is 1.91 bits per heavy atom.